The van der Waals surface area contributed by atoms with Gasteiger partial charge in [-0.25, -0.2) is 0 Å². The molecule has 0 spiro atoms. The maximum absolute atomic E-state index is 11.9. The van der Waals surface area contributed by atoms with Gasteiger partial charge in [-0.1, -0.05) is 30.3 Å². The van der Waals surface area contributed by atoms with Crippen molar-refractivity contribution >= 4 is 5.91 Å². The van der Waals surface area contributed by atoms with Crippen LogP contribution in [-0.4, -0.2) is 56.7 Å². The molecule has 1 aliphatic rings. The Hall–Kier alpha value is -1.43. The lowest BCUT2D eigenvalue weighted by Gasteiger charge is -2.38. The molecule has 116 valence electrons. The van der Waals surface area contributed by atoms with Crippen molar-refractivity contribution in [3.05, 3.63) is 35.9 Å². The van der Waals surface area contributed by atoms with Gasteiger partial charge in [0.05, 0.1) is 11.6 Å². The molecule has 1 unspecified atom stereocenters. The summed E-state index contributed by atoms with van der Waals surface area (Å²) in [6.07, 6.45) is 0. The molecule has 1 amide bonds. The molecule has 1 aromatic rings. The highest BCUT2D eigenvalue weighted by Gasteiger charge is 2.33. The molecule has 2 rings (SSSR count). The van der Waals surface area contributed by atoms with Gasteiger partial charge in [0.15, 0.2) is 0 Å². The van der Waals surface area contributed by atoms with E-state index in [-0.39, 0.29) is 24.2 Å². The molecule has 1 heterocycles. The number of carbonyl (C=O) groups is 1. The SMILES string of the molecule is CN(C)C(CNC(=O)COC1(C)CNC1)c1ccccc1. The van der Waals surface area contributed by atoms with Crippen LogP contribution in [0.15, 0.2) is 30.3 Å². The Morgan fingerprint density at radius 2 is 2.05 bits per heavy atom. The molecule has 0 saturated carbocycles. The molecular weight excluding hydrogens is 266 g/mol. The highest BCUT2D eigenvalue weighted by molar-refractivity contribution is 5.77. The first kappa shape index (κ1) is 15.9. The second-order valence-electron chi connectivity index (χ2n) is 6.04. The summed E-state index contributed by atoms with van der Waals surface area (Å²) in [6.45, 7) is 4.33. The van der Waals surface area contributed by atoms with Crippen LogP contribution in [0.1, 0.15) is 18.5 Å². The Kier molecular flexibility index (Phi) is 5.33. The fourth-order valence-electron chi connectivity index (χ4n) is 2.35. The van der Waals surface area contributed by atoms with Crippen LogP contribution in [0.3, 0.4) is 0 Å². The average molecular weight is 291 g/mol. The molecule has 0 aliphatic carbocycles. The molecule has 0 bridgehead atoms. The maximum atomic E-state index is 11.9. The van der Waals surface area contributed by atoms with E-state index in [0.29, 0.717) is 6.54 Å². The van der Waals surface area contributed by atoms with Crippen LogP contribution in [0.5, 0.6) is 0 Å². The number of nitrogens with one attached hydrogen (secondary N) is 2. The van der Waals surface area contributed by atoms with Crippen molar-refractivity contribution in [2.75, 3.05) is 40.3 Å². The molecule has 21 heavy (non-hydrogen) atoms. The number of carbonyl (C=O) groups excluding carboxylic acids is 1. The van der Waals surface area contributed by atoms with Crippen molar-refractivity contribution in [1.82, 2.24) is 15.5 Å². The third-order valence-electron chi connectivity index (χ3n) is 3.85. The summed E-state index contributed by atoms with van der Waals surface area (Å²) < 4.78 is 5.64. The molecule has 5 nitrogen and oxygen atoms in total. The number of ether oxygens (including phenoxy) is 1. The van der Waals surface area contributed by atoms with Gasteiger partial charge in [-0.15, -0.1) is 0 Å². The van der Waals surface area contributed by atoms with Crippen molar-refractivity contribution in [2.24, 2.45) is 0 Å². The van der Waals surface area contributed by atoms with Gasteiger partial charge in [0.1, 0.15) is 6.61 Å². The van der Waals surface area contributed by atoms with E-state index in [0.717, 1.165) is 13.1 Å². The summed E-state index contributed by atoms with van der Waals surface area (Å²) in [7, 11) is 4.03. The van der Waals surface area contributed by atoms with E-state index in [4.69, 9.17) is 4.74 Å². The maximum Gasteiger partial charge on any atom is 0.246 e. The number of rotatable bonds is 7. The zero-order chi connectivity index (χ0) is 15.3. The van der Waals surface area contributed by atoms with Gasteiger partial charge in [-0.2, -0.15) is 0 Å². The van der Waals surface area contributed by atoms with E-state index in [1.165, 1.54) is 5.56 Å². The van der Waals surface area contributed by atoms with Gasteiger partial charge in [0.2, 0.25) is 5.91 Å². The topological polar surface area (TPSA) is 53.6 Å². The van der Waals surface area contributed by atoms with E-state index < -0.39 is 0 Å². The number of benzene rings is 1. The first-order valence-electron chi connectivity index (χ1n) is 7.33. The molecule has 0 radical (unpaired) electrons. The molecule has 2 N–H and O–H groups in total. The lowest BCUT2D eigenvalue weighted by molar-refractivity contribution is -0.136. The summed E-state index contributed by atoms with van der Waals surface area (Å²) in [5.74, 6) is -0.0640. The predicted molar refractivity (Wildman–Crippen MR) is 83.1 cm³/mol. The normalized spacial score (nSPS) is 18.1. The summed E-state index contributed by atoms with van der Waals surface area (Å²) in [5.41, 5.74) is 1.01. The number of hydrogen-bond donors (Lipinski definition) is 2. The van der Waals surface area contributed by atoms with Crippen molar-refractivity contribution in [2.45, 2.75) is 18.6 Å². The monoisotopic (exact) mass is 291 g/mol. The predicted octanol–water partition coefficient (Wildman–Crippen LogP) is 0.784. The molecule has 0 aromatic heterocycles. The van der Waals surface area contributed by atoms with Crippen LogP contribution in [0.2, 0.25) is 0 Å². The van der Waals surface area contributed by atoms with E-state index in [9.17, 15) is 4.79 Å². The second-order valence-corrected chi connectivity index (χ2v) is 6.04. The van der Waals surface area contributed by atoms with Crippen LogP contribution in [0.25, 0.3) is 0 Å². The standard InChI is InChI=1S/C16H25N3O2/c1-16(11-17-12-16)21-10-15(20)18-9-14(19(2)3)13-7-5-4-6-8-13/h4-8,14,17H,9-12H2,1-3H3,(H,18,20). The Labute approximate surface area is 126 Å². The Balaban J connectivity index is 1.80. The van der Waals surface area contributed by atoms with Crippen LogP contribution in [0, 0.1) is 0 Å². The molecular formula is C16H25N3O2. The average Bonchev–Trinajstić information content (AvgIpc) is 2.44. The second kappa shape index (κ2) is 7.02. The zero-order valence-electron chi connectivity index (χ0n) is 13.1. The lowest BCUT2D eigenvalue weighted by Crippen LogP contribution is -2.59. The number of likely N-dealkylation sites (N-methyl/N-ethyl adjacent to an activating group) is 1. The smallest absolute Gasteiger partial charge is 0.246 e. The number of nitrogens with zero attached hydrogens (tertiary/aromatic N) is 1. The number of hydrogen-bond acceptors (Lipinski definition) is 4. The zero-order valence-corrected chi connectivity index (χ0v) is 13.1. The quantitative estimate of drug-likeness (QED) is 0.780. The van der Waals surface area contributed by atoms with Gasteiger partial charge in [-0.3, -0.25) is 4.79 Å². The van der Waals surface area contributed by atoms with Crippen molar-refractivity contribution < 1.29 is 9.53 Å². The first-order valence-corrected chi connectivity index (χ1v) is 7.33. The largest absolute Gasteiger partial charge is 0.363 e. The minimum absolute atomic E-state index is 0.0640. The van der Waals surface area contributed by atoms with E-state index >= 15 is 0 Å². The highest BCUT2D eigenvalue weighted by atomic mass is 16.5. The highest BCUT2D eigenvalue weighted by Crippen LogP contribution is 2.17. The van der Waals surface area contributed by atoms with Crippen molar-refractivity contribution in [3.8, 4) is 0 Å². The van der Waals surface area contributed by atoms with Crippen LogP contribution in [0.4, 0.5) is 0 Å². The molecule has 1 atom stereocenters. The van der Waals surface area contributed by atoms with E-state index in [1.807, 2.05) is 39.2 Å². The molecule has 1 fully saturated rings. The van der Waals surface area contributed by atoms with Crippen LogP contribution < -0.4 is 10.6 Å². The fraction of sp³-hybridized carbons (Fsp3) is 0.562. The van der Waals surface area contributed by atoms with Gasteiger partial charge in [0.25, 0.3) is 0 Å². The molecule has 1 aromatic carbocycles. The summed E-state index contributed by atoms with van der Waals surface area (Å²) in [5, 5.41) is 6.11. The first-order chi connectivity index (χ1) is 10.0. The van der Waals surface area contributed by atoms with Gasteiger partial charge in [-0.05, 0) is 26.6 Å². The van der Waals surface area contributed by atoms with Crippen molar-refractivity contribution in [3.63, 3.8) is 0 Å². The summed E-state index contributed by atoms with van der Waals surface area (Å²) in [4.78, 5) is 14.0. The summed E-state index contributed by atoms with van der Waals surface area (Å²) >= 11 is 0. The van der Waals surface area contributed by atoms with Crippen LogP contribution in [-0.2, 0) is 9.53 Å². The Morgan fingerprint density at radius 1 is 1.38 bits per heavy atom. The third-order valence-corrected chi connectivity index (χ3v) is 3.85. The minimum atomic E-state index is -0.183. The summed E-state index contributed by atoms with van der Waals surface area (Å²) in [6, 6.07) is 10.3. The molecule has 1 saturated heterocycles. The van der Waals surface area contributed by atoms with Crippen LogP contribution >= 0.6 is 0 Å². The van der Waals surface area contributed by atoms with Crippen molar-refractivity contribution in [1.29, 1.82) is 0 Å². The van der Waals surface area contributed by atoms with E-state index in [2.05, 4.69) is 27.7 Å². The van der Waals surface area contributed by atoms with Gasteiger partial charge in [0, 0.05) is 19.6 Å². The van der Waals surface area contributed by atoms with Gasteiger partial charge < -0.3 is 20.3 Å². The minimum Gasteiger partial charge on any atom is -0.363 e. The third kappa shape index (κ3) is 4.52. The fourth-order valence-corrected chi connectivity index (χ4v) is 2.35. The Bertz CT molecular complexity index is 458. The Morgan fingerprint density at radius 3 is 2.57 bits per heavy atom. The van der Waals surface area contributed by atoms with Gasteiger partial charge >= 0.3 is 0 Å². The molecule has 1 aliphatic heterocycles. The number of amides is 1. The molecule has 5 heteroatoms. The lowest BCUT2D eigenvalue weighted by atomic mass is 10.0. The van der Waals surface area contributed by atoms with E-state index in [1.54, 1.807) is 0 Å².